The lowest BCUT2D eigenvalue weighted by Crippen LogP contribution is -2.37. The Balaban J connectivity index is 0.000000604. The lowest BCUT2D eigenvalue weighted by atomic mass is 10.1. The van der Waals surface area contributed by atoms with Gasteiger partial charge in [0.1, 0.15) is 18.2 Å². The highest BCUT2D eigenvalue weighted by atomic mass is 19.4. The van der Waals surface area contributed by atoms with Crippen molar-refractivity contribution in [1.29, 1.82) is 0 Å². The predicted octanol–water partition coefficient (Wildman–Crippen LogP) is 3.85. The van der Waals surface area contributed by atoms with Gasteiger partial charge in [-0.1, -0.05) is 24.3 Å². The molecule has 0 unspecified atom stereocenters. The van der Waals surface area contributed by atoms with Gasteiger partial charge < -0.3 is 20.9 Å². The Hall–Kier alpha value is -4.59. The molecule has 0 aliphatic rings. The Morgan fingerprint density at radius 2 is 1.76 bits per heavy atom. The molecule has 0 fully saturated rings. The number of para-hydroxylation sites is 1. The van der Waals surface area contributed by atoms with Crippen molar-refractivity contribution in [2.24, 2.45) is 5.73 Å². The van der Waals surface area contributed by atoms with Crippen molar-refractivity contribution < 1.29 is 41.9 Å². The first kappa shape index (κ1) is 28.6. The SMILES string of the molecule is N[C@@H](Cc1ccc(OCc2cc([N+](=O)[O-])ccn2)cc1)C(=O)Nc1ccccc1F.O=C(O)C(F)(F)F. The molecular formula is C23H20F4N4O6. The molecular weight excluding hydrogens is 504 g/mol. The fourth-order valence-electron chi connectivity index (χ4n) is 2.67. The standard InChI is InChI=1S/C21H19FN4O4.C2HF3O2/c22-18-3-1-2-4-20(18)25-21(27)19(23)11-14-5-7-17(8-6-14)30-13-15-12-16(26(28)29)9-10-24-15;3-2(4,5)1(6)7/h1-10,12,19H,11,13,23H2,(H,25,27);(H,6,7)/t19-;/m0./s1. The summed E-state index contributed by atoms with van der Waals surface area (Å²) in [6.07, 6.45) is -3.47. The first-order valence-corrected chi connectivity index (χ1v) is 10.3. The number of rotatable bonds is 8. The van der Waals surface area contributed by atoms with Gasteiger partial charge in [0.05, 0.1) is 22.3 Å². The highest BCUT2D eigenvalue weighted by Crippen LogP contribution is 2.18. The van der Waals surface area contributed by atoms with E-state index < -0.39 is 34.8 Å². The van der Waals surface area contributed by atoms with Crippen molar-refractivity contribution in [2.75, 3.05) is 5.32 Å². The molecule has 1 amide bonds. The number of anilines is 1. The van der Waals surface area contributed by atoms with Crippen molar-refractivity contribution in [3.05, 3.63) is 94.0 Å². The zero-order valence-corrected chi connectivity index (χ0v) is 18.8. The van der Waals surface area contributed by atoms with Crippen molar-refractivity contribution in [2.45, 2.75) is 25.2 Å². The number of nitrogens with one attached hydrogen (secondary N) is 1. The van der Waals surface area contributed by atoms with Crippen molar-refractivity contribution in [1.82, 2.24) is 4.98 Å². The lowest BCUT2D eigenvalue weighted by Gasteiger charge is -2.13. The number of alkyl halides is 3. The number of benzene rings is 2. The maximum Gasteiger partial charge on any atom is 0.490 e. The molecule has 4 N–H and O–H groups in total. The van der Waals surface area contributed by atoms with Gasteiger partial charge in [0.25, 0.3) is 5.69 Å². The van der Waals surface area contributed by atoms with Gasteiger partial charge in [0.2, 0.25) is 5.91 Å². The Labute approximate surface area is 206 Å². The Morgan fingerprint density at radius 3 is 2.32 bits per heavy atom. The normalized spacial score (nSPS) is 11.5. The predicted molar refractivity (Wildman–Crippen MR) is 122 cm³/mol. The number of aromatic nitrogens is 1. The number of carbonyl (C=O) groups excluding carboxylic acids is 1. The second-order valence-corrected chi connectivity index (χ2v) is 7.28. The van der Waals surface area contributed by atoms with Gasteiger partial charge in [-0.3, -0.25) is 19.9 Å². The van der Waals surface area contributed by atoms with E-state index in [0.29, 0.717) is 11.4 Å². The average Bonchev–Trinajstić information content (AvgIpc) is 2.85. The molecule has 14 heteroatoms. The van der Waals surface area contributed by atoms with Crippen LogP contribution in [0.4, 0.5) is 28.9 Å². The van der Waals surface area contributed by atoms with Crippen LogP contribution >= 0.6 is 0 Å². The lowest BCUT2D eigenvalue weighted by molar-refractivity contribution is -0.385. The first-order valence-electron chi connectivity index (χ1n) is 10.3. The zero-order chi connectivity index (χ0) is 27.6. The minimum Gasteiger partial charge on any atom is -0.487 e. The van der Waals surface area contributed by atoms with E-state index in [-0.39, 0.29) is 24.4 Å². The fraction of sp³-hybridized carbons (Fsp3) is 0.174. The van der Waals surface area contributed by atoms with E-state index in [1.165, 1.54) is 36.5 Å². The number of aliphatic carboxylic acids is 1. The molecule has 2 aromatic carbocycles. The van der Waals surface area contributed by atoms with Gasteiger partial charge in [0, 0.05) is 18.3 Å². The summed E-state index contributed by atoms with van der Waals surface area (Å²) in [4.78, 5) is 35.4. The molecule has 37 heavy (non-hydrogen) atoms. The monoisotopic (exact) mass is 524 g/mol. The number of pyridine rings is 1. The molecule has 1 aromatic heterocycles. The summed E-state index contributed by atoms with van der Waals surface area (Å²) in [6.45, 7) is 0.0750. The quantitative estimate of drug-likeness (QED) is 0.228. The minimum atomic E-state index is -5.08. The van der Waals surface area contributed by atoms with Gasteiger partial charge in [-0.2, -0.15) is 13.2 Å². The van der Waals surface area contributed by atoms with E-state index in [1.54, 1.807) is 30.3 Å². The molecule has 1 heterocycles. The third kappa shape index (κ3) is 9.52. The van der Waals surface area contributed by atoms with Crippen LogP contribution in [-0.4, -0.2) is 39.1 Å². The van der Waals surface area contributed by atoms with E-state index in [9.17, 15) is 32.5 Å². The first-order chi connectivity index (χ1) is 17.4. The number of hydrogen-bond donors (Lipinski definition) is 3. The molecule has 0 aliphatic carbocycles. The molecule has 196 valence electrons. The largest absolute Gasteiger partial charge is 0.490 e. The van der Waals surface area contributed by atoms with E-state index in [0.717, 1.165) is 5.56 Å². The van der Waals surface area contributed by atoms with Gasteiger partial charge in [-0.05, 0) is 36.2 Å². The van der Waals surface area contributed by atoms with Crippen LogP contribution < -0.4 is 15.8 Å². The number of nitrogens with zero attached hydrogens (tertiary/aromatic N) is 2. The Morgan fingerprint density at radius 1 is 1.14 bits per heavy atom. The number of halogens is 4. The minimum absolute atomic E-state index is 0.0541. The second kappa shape index (κ2) is 12.9. The second-order valence-electron chi connectivity index (χ2n) is 7.28. The van der Waals surface area contributed by atoms with Crippen molar-refractivity contribution >= 4 is 23.3 Å². The summed E-state index contributed by atoms with van der Waals surface area (Å²) in [5.41, 5.74) is 7.18. The number of carboxylic acids is 1. The molecule has 0 saturated carbocycles. The van der Waals surface area contributed by atoms with Crippen LogP contribution in [0.2, 0.25) is 0 Å². The van der Waals surface area contributed by atoms with E-state index >= 15 is 0 Å². The number of nitrogens with two attached hydrogens (primary N) is 1. The zero-order valence-electron chi connectivity index (χ0n) is 18.8. The van der Waals surface area contributed by atoms with Gasteiger partial charge in [-0.15, -0.1) is 0 Å². The smallest absolute Gasteiger partial charge is 0.487 e. The molecule has 3 rings (SSSR count). The summed E-state index contributed by atoms with van der Waals surface area (Å²) >= 11 is 0. The van der Waals surface area contributed by atoms with Crippen LogP contribution in [0.5, 0.6) is 5.75 Å². The third-order valence-corrected chi connectivity index (χ3v) is 4.49. The number of nitro groups is 1. The van der Waals surface area contributed by atoms with Crippen LogP contribution in [0, 0.1) is 15.9 Å². The number of amides is 1. The highest BCUT2D eigenvalue weighted by Gasteiger charge is 2.38. The highest BCUT2D eigenvalue weighted by molar-refractivity contribution is 5.94. The van der Waals surface area contributed by atoms with Crippen molar-refractivity contribution in [3.8, 4) is 5.75 Å². The van der Waals surface area contributed by atoms with Crippen molar-refractivity contribution in [3.63, 3.8) is 0 Å². The van der Waals surface area contributed by atoms with Crippen LogP contribution in [0.15, 0.2) is 66.9 Å². The topological polar surface area (TPSA) is 158 Å². The van der Waals surface area contributed by atoms with Crippen LogP contribution in [0.3, 0.4) is 0 Å². The van der Waals surface area contributed by atoms with Gasteiger partial charge >= 0.3 is 12.1 Å². The number of ether oxygens (including phenoxy) is 1. The molecule has 0 bridgehead atoms. The molecule has 1 atom stereocenters. The van der Waals surface area contributed by atoms with Crippen LogP contribution in [0.25, 0.3) is 0 Å². The maximum absolute atomic E-state index is 13.6. The van der Waals surface area contributed by atoms with E-state index in [4.69, 9.17) is 20.4 Å². The molecule has 0 aliphatic heterocycles. The summed E-state index contributed by atoms with van der Waals surface area (Å²) < 4.78 is 51.0. The summed E-state index contributed by atoms with van der Waals surface area (Å²) in [6, 6.07) is 14.6. The summed E-state index contributed by atoms with van der Waals surface area (Å²) in [7, 11) is 0. The van der Waals surface area contributed by atoms with Crippen LogP contribution in [-0.2, 0) is 22.6 Å². The number of hydrogen-bond acceptors (Lipinski definition) is 7. The third-order valence-electron chi connectivity index (χ3n) is 4.49. The van der Waals surface area contributed by atoms with Gasteiger partial charge in [-0.25, -0.2) is 9.18 Å². The maximum atomic E-state index is 13.6. The Kier molecular flexibility index (Phi) is 10.0. The van der Waals surface area contributed by atoms with E-state index in [1.807, 2.05) is 0 Å². The van der Waals surface area contributed by atoms with E-state index in [2.05, 4.69) is 10.3 Å². The average molecular weight is 524 g/mol. The Bertz CT molecular complexity index is 1240. The van der Waals surface area contributed by atoms with Gasteiger partial charge in [0.15, 0.2) is 0 Å². The summed E-state index contributed by atoms with van der Waals surface area (Å²) in [5.74, 6) is -3.24. The fourth-order valence-corrected chi connectivity index (χ4v) is 2.67. The van der Waals surface area contributed by atoms with Crippen LogP contribution in [0.1, 0.15) is 11.3 Å². The molecule has 0 radical (unpaired) electrons. The number of carbonyl (C=O) groups is 2. The number of carboxylic acid groups (broad SMARTS) is 1. The molecule has 3 aromatic rings. The molecule has 10 nitrogen and oxygen atoms in total. The molecule has 0 spiro atoms. The summed E-state index contributed by atoms with van der Waals surface area (Å²) in [5, 5.41) is 20.4. The molecule has 0 saturated heterocycles.